The van der Waals surface area contributed by atoms with E-state index in [2.05, 4.69) is 4.98 Å². The van der Waals surface area contributed by atoms with E-state index in [0.29, 0.717) is 5.56 Å². The molecule has 1 rings (SSSR count). The highest BCUT2D eigenvalue weighted by atomic mass is 16.3. The number of nitrogens with one attached hydrogen (secondary N) is 1. The fourth-order valence-corrected chi connectivity index (χ4v) is 1.05. The molecular weight excluding hydrogens is 188 g/mol. The van der Waals surface area contributed by atoms with Crippen molar-refractivity contribution in [1.29, 1.82) is 0 Å². The summed E-state index contributed by atoms with van der Waals surface area (Å²) in [6.45, 7) is 0.867. The van der Waals surface area contributed by atoms with Gasteiger partial charge in [0.25, 0.3) is 5.56 Å². The van der Waals surface area contributed by atoms with Crippen LogP contribution in [0.25, 0.3) is 0 Å². The summed E-state index contributed by atoms with van der Waals surface area (Å²) < 4.78 is 0.857. The SMILES string of the molecule is Cc1c[nH]c(=O)n(CC(O)CO)c1=O. The van der Waals surface area contributed by atoms with Crippen molar-refractivity contribution in [2.24, 2.45) is 0 Å². The highest BCUT2D eigenvalue weighted by molar-refractivity contribution is 5.00. The predicted molar refractivity (Wildman–Crippen MR) is 49.2 cm³/mol. The van der Waals surface area contributed by atoms with Gasteiger partial charge in [-0.3, -0.25) is 9.36 Å². The smallest absolute Gasteiger partial charge is 0.328 e. The van der Waals surface area contributed by atoms with Crippen LogP contribution in [0.1, 0.15) is 5.56 Å². The molecule has 0 fully saturated rings. The second kappa shape index (κ2) is 4.21. The summed E-state index contributed by atoms with van der Waals surface area (Å²) in [5.74, 6) is 0. The third-order valence-electron chi connectivity index (χ3n) is 1.84. The van der Waals surface area contributed by atoms with E-state index in [4.69, 9.17) is 10.2 Å². The van der Waals surface area contributed by atoms with Crippen LogP contribution in [0.3, 0.4) is 0 Å². The maximum absolute atomic E-state index is 11.4. The van der Waals surface area contributed by atoms with E-state index in [1.165, 1.54) is 6.20 Å². The maximum Gasteiger partial charge on any atom is 0.328 e. The van der Waals surface area contributed by atoms with Gasteiger partial charge in [-0.1, -0.05) is 0 Å². The van der Waals surface area contributed by atoms with Gasteiger partial charge in [-0.15, -0.1) is 0 Å². The quantitative estimate of drug-likeness (QED) is 0.536. The average Bonchev–Trinajstić information content (AvgIpc) is 2.18. The van der Waals surface area contributed by atoms with E-state index in [1.54, 1.807) is 6.92 Å². The Kier molecular flexibility index (Phi) is 3.21. The van der Waals surface area contributed by atoms with E-state index >= 15 is 0 Å². The monoisotopic (exact) mass is 200 g/mol. The molecule has 0 aliphatic carbocycles. The number of aromatic nitrogens is 2. The van der Waals surface area contributed by atoms with Crippen molar-refractivity contribution < 1.29 is 10.2 Å². The second-order valence-corrected chi connectivity index (χ2v) is 3.03. The Morgan fingerprint density at radius 1 is 1.57 bits per heavy atom. The van der Waals surface area contributed by atoms with Gasteiger partial charge in [-0.25, -0.2) is 4.79 Å². The summed E-state index contributed by atoms with van der Waals surface area (Å²) >= 11 is 0. The van der Waals surface area contributed by atoms with Crippen LogP contribution >= 0.6 is 0 Å². The van der Waals surface area contributed by atoms with E-state index in [1.807, 2.05) is 0 Å². The van der Waals surface area contributed by atoms with E-state index in [9.17, 15) is 9.59 Å². The first-order chi connectivity index (χ1) is 6.56. The first-order valence-corrected chi connectivity index (χ1v) is 4.14. The number of aryl methyl sites for hydroxylation is 1. The summed E-state index contributed by atoms with van der Waals surface area (Å²) in [5, 5.41) is 17.7. The van der Waals surface area contributed by atoms with Crippen LogP contribution in [-0.4, -0.2) is 32.5 Å². The molecule has 1 unspecified atom stereocenters. The molecule has 3 N–H and O–H groups in total. The largest absolute Gasteiger partial charge is 0.394 e. The van der Waals surface area contributed by atoms with Crippen molar-refractivity contribution in [3.8, 4) is 0 Å². The van der Waals surface area contributed by atoms with Crippen LogP contribution in [0, 0.1) is 6.92 Å². The highest BCUT2D eigenvalue weighted by Gasteiger charge is 2.08. The van der Waals surface area contributed by atoms with Gasteiger partial charge in [0.2, 0.25) is 0 Å². The minimum absolute atomic E-state index is 0.202. The zero-order valence-corrected chi connectivity index (χ0v) is 7.73. The number of hydrogen-bond donors (Lipinski definition) is 3. The second-order valence-electron chi connectivity index (χ2n) is 3.03. The number of rotatable bonds is 3. The van der Waals surface area contributed by atoms with Crippen LogP contribution < -0.4 is 11.2 Å². The standard InChI is InChI=1S/C8H12N2O4/c1-5-2-9-8(14)10(7(5)13)3-6(12)4-11/h2,6,11-12H,3-4H2,1H3,(H,9,14). The molecule has 0 aromatic carbocycles. The molecular formula is C8H12N2O4. The van der Waals surface area contributed by atoms with Gasteiger partial charge in [0.15, 0.2) is 0 Å². The number of aliphatic hydroxyl groups excluding tert-OH is 2. The highest BCUT2D eigenvalue weighted by Crippen LogP contribution is 1.85. The predicted octanol–water partition coefficient (Wildman–Crippen LogP) is -1.80. The summed E-state index contributed by atoms with van der Waals surface area (Å²) in [6.07, 6.45) is 0.211. The first-order valence-electron chi connectivity index (χ1n) is 4.14. The van der Waals surface area contributed by atoms with Crippen LogP contribution in [-0.2, 0) is 6.54 Å². The van der Waals surface area contributed by atoms with Gasteiger partial charge >= 0.3 is 5.69 Å². The van der Waals surface area contributed by atoms with E-state index in [-0.39, 0.29) is 6.54 Å². The molecule has 1 aromatic heterocycles. The molecule has 1 heterocycles. The van der Waals surface area contributed by atoms with Crippen LogP contribution in [0.2, 0.25) is 0 Å². The Morgan fingerprint density at radius 3 is 2.79 bits per heavy atom. The number of hydrogen-bond acceptors (Lipinski definition) is 4. The van der Waals surface area contributed by atoms with Crippen molar-refractivity contribution in [3.63, 3.8) is 0 Å². The third-order valence-corrected chi connectivity index (χ3v) is 1.84. The molecule has 0 bridgehead atoms. The first kappa shape index (κ1) is 10.7. The molecule has 1 aromatic rings. The number of H-pyrrole nitrogens is 1. The molecule has 14 heavy (non-hydrogen) atoms. The molecule has 0 saturated heterocycles. The fourth-order valence-electron chi connectivity index (χ4n) is 1.05. The van der Waals surface area contributed by atoms with Gasteiger partial charge in [0.05, 0.1) is 19.3 Å². The summed E-state index contributed by atoms with van der Waals surface area (Å²) in [7, 11) is 0. The van der Waals surface area contributed by atoms with E-state index < -0.39 is 24.0 Å². The fraction of sp³-hybridized carbons (Fsp3) is 0.500. The van der Waals surface area contributed by atoms with Crippen molar-refractivity contribution in [2.75, 3.05) is 6.61 Å². The molecule has 0 radical (unpaired) electrons. The molecule has 0 spiro atoms. The third kappa shape index (κ3) is 2.09. The van der Waals surface area contributed by atoms with Crippen molar-refractivity contribution >= 4 is 0 Å². The molecule has 0 saturated carbocycles. The Bertz CT molecular complexity index is 420. The normalized spacial score (nSPS) is 12.8. The minimum Gasteiger partial charge on any atom is -0.394 e. The minimum atomic E-state index is -1.10. The molecule has 0 amide bonds. The molecule has 6 heteroatoms. The number of aliphatic hydroxyl groups is 2. The zero-order valence-electron chi connectivity index (χ0n) is 7.73. The Labute approximate surface area is 79.5 Å². The average molecular weight is 200 g/mol. The van der Waals surface area contributed by atoms with Gasteiger partial charge < -0.3 is 15.2 Å². The molecule has 0 aliphatic heterocycles. The lowest BCUT2D eigenvalue weighted by Gasteiger charge is -2.08. The van der Waals surface area contributed by atoms with Crippen LogP contribution in [0.15, 0.2) is 15.8 Å². The number of nitrogens with zero attached hydrogens (tertiary/aromatic N) is 1. The Hall–Kier alpha value is -1.40. The van der Waals surface area contributed by atoms with Gasteiger partial charge in [0, 0.05) is 11.8 Å². The van der Waals surface area contributed by atoms with Crippen molar-refractivity contribution in [3.05, 3.63) is 32.6 Å². The van der Waals surface area contributed by atoms with E-state index in [0.717, 1.165) is 4.57 Å². The van der Waals surface area contributed by atoms with Crippen LogP contribution in [0.5, 0.6) is 0 Å². The van der Waals surface area contributed by atoms with Gasteiger partial charge in [-0.05, 0) is 6.92 Å². The van der Waals surface area contributed by atoms with Crippen molar-refractivity contribution in [2.45, 2.75) is 19.6 Å². The summed E-state index contributed by atoms with van der Waals surface area (Å²) in [4.78, 5) is 24.9. The van der Waals surface area contributed by atoms with Crippen LogP contribution in [0.4, 0.5) is 0 Å². The maximum atomic E-state index is 11.4. The molecule has 78 valence electrons. The zero-order chi connectivity index (χ0) is 10.7. The topological polar surface area (TPSA) is 95.3 Å². The number of aromatic amines is 1. The summed E-state index contributed by atoms with van der Waals surface area (Å²) in [5.41, 5.74) is -0.663. The van der Waals surface area contributed by atoms with Gasteiger partial charge in [-0.2, -0.15) is 0 Å². The molecule has 6 nitrogen and oxygen atoms in total. The molecule has 1 atom stereocenters. The lowest BCUT2D eigenvalue weighted by molar-refractivity contribution is 0.0792. The lowest BCUT2D eigenvalue weighted by Crippen LogP contribution is -2.39. The van der Waals surface area contributed by atoms with Gasteiger partial charge in [0.1, 0.15) is 0 Å². The summed E-state index contributed by atoms with van der Waals surface area (Å²) in [6, 6.07) is 0. The Balaban J connectivity index is 3.14. The Morgan fingerprint density at radius 2 is 2.21 bits per heavy atom. The lowest BCUT2D eigenvalue weighted by atomic mass is 10.3. The molecule has 0 aliphatic rings. The van der Waals surface area contributed by atoms with Crippen molar-refractivity contribution in [1.82, 2.24) is 9.55 Å².